The maximum absolute atomic E-state index is 11.2. The predicted octanol–water partition coefficient (Wildman–Crippen LogP) is -0.533. The molecular formula is C8H18N2O2. The van der Waals surface area contributed by atoms with Gasteiger partial charge in [-0.3, -0.25) is 4.79 Å². The second kappa shape index (κ2) is 5.11. The van der Waals surface area contributed by atoms with Crippen LogP contribution in [0.4, 0.5) is 0 Å². The molecule has 0 saturated heterocycles. The molecule has 1 unspecified atom stereocenters. The van der Waals surface area contributed by atoms with Crippen molar-refractivity contribution in [2.45, 2.75) is 32.9 Å². The van der Waals surface area contributed by atoms with Crippen LogP contribution >= 0.6 is 0 Å². The lowest BCUT2D eigenvalue weighted by Gasteiger charge is -2.18. The number of aliphatic hydroxyl groups is 1. The molecule has 72 valence electrons. The molecule has 4 heteroatoms. The van der Waals surface area contributed by atoms with Gasteiger partial charge in [-0.25, -0.2) is 0 Å². The Balaban J connectivity index is 3.87. The van der Waals surface area contributed by atoms with Crippen LogP contribution in [0.3, 0.4) is 0 Å². The summed E-state index contributed by atoms with van der Waals surface area (Å²) in [6.45, 7) is 5.43. The van der Waals surface area contributed by atoms with Crippen molar-refractivity contribution in [3.63, 3.8) is 0 Å². The fourth-order valence-electron chi connectivity index (χ4n) is 0.687. The Morgan fingerprint density at radius 2 is 2.00 bits per heavy atom. The van der Waals surface area contributed by atoms with E-state index in [4.69, 9.17) is 10.8 Å². The summed E-state index contributed by atoms with van der Waals surface area (Å²) < 4.78 is 0. The van der Waals surface area contributed by atoms with E-state index in [1.54, 1.807) is 6.92 Å². The summed E-state index contributed by atoms with van der Waals surface area (Å²) in [5, 5.41) is 11.2. The van der Waals surface area contributed by atoms with Crippen molar-refractivity contribution >= 4 is 5.91 Å². The summed E-state index contributed by atoms with van der Waals surface area (Å²) in [5.41, 5.74) is 5.57. The molecule has 1 amide bonds. The molecule has 0 rings (SSSR count). The molecule has 0 aromatic heterocycles. The summed E-state index contributed by atoms with van der Waals surface area (Å²) in [4.78, 5) is 11.2. The molecule has 0 aromatic rings. The van der Waals surface area contributed by atoms with Crippen LogP contribution in [0.5, 0.6) is 0 Å². The van der Waals surface area contributed by atoms with Gasteiger partial charge in [0.2, 0.25) is 5.91 Å². The van der Waals surface area contributed by atoms with Crippen molar-refractivity contribution in [2.75, 3.05) is 6.61 Å². The highest BCUT2D eigenvalue weighted by molar-refractivity contribution is 5.81. The number of amides is 1. The monoisotopic (exact) mass is 174 g/mol. The van der Waals surface area contributed by atoms with E-state index in [9.17, 15) is 4.79 Å². The van der Waals surface area contributed by atoms with Crippen molar-refractivity contribution in [1.29, 1.82) is 0 Å². The van der Waals surface area contributed by atoms with Crippen molar-refractivity contribution in [2.24, 2.45) is 11.7 Å². The van der Waals surface area contributed by atoms with Crippen LogP contribution in [0.1, 0.15) is 20.8 Å². The topological polar surface area (TPSA) is 75.4 Å². The first kappa shape index (κ1) is 11.4. The Hall–Kier alpha value is -0.610. The average molecular weight is 174 g/mol. The van der Waals surface area contributed by atoms with Crippen molar-refractivity contribution < 1.29 is 9.90 Å². The van der Waals surface area contributed by atoms with Gasteiger partial charge in [-0.1, -0.05) is 13.8 Å². The van der Waals surface area contributed by atoms with Gasteiger partial charge in [0.1, 0.15) is 0 Å². The lowest BCUT2D eigenvalue weighted by atomic mass is 10.0. The fourth-order valence-corrected chi connectivity index (χ4v) is 0.687. The minimum Gasteiger partial charge on any atom is -0.394 e. The molecule has 12 heavy (non-hydrogen) atoms. The van der Waals surface area contributed by atoms with Crippen molar-refractivity contribution in [3.05, 3.63) is 0 Å². The molecule has 0 aromatic carbocycles. The number of hydrogen-bond donors (Lipinski definition) is 3. The molecule has 0 radical (unpaired) electrons. The molecular weight excluding hydrogens is 156 g/mol. The minimum absolute atomic E-state index is 0.0590. The largest absolute Gasteiger partial charge is 0.394 e. The van der Waals surface area contributed by atoms with E-state index in [0.29, 0.717) is 0 Å². The molecule has 0 heterocycles. The summed E-state index contributed by atoms with van der Waals surface area (Å²) in [7, 11) is 0. The number of rotatable bonds is 4. The Morgan fingerprint density at radius 3 is 2.33 bits per heavy atom. The Bertz CT molecular complexity index is 148. The van der Waals surface area contributed by atoms with Crippen molar-refractivity contribution in [1.82, 2.24) is 5.32 Å². The van der Waals surface area contributed by atoms with E-state index in [1.165, 1.54) is 0 Å². The number of aliphatic hydroxyl groups excluding tert-OH is 1. The van der Waals surface area contributed by atoms with E-state index in [1.807, 2.05) is 13.8 Å². The van der Waals surface area contributed by atoms with Crippen LogP contribution in [0, 0.1) is 5.92 Å². The van der Waals surface area contributed by atoms with Gasteiger partial charge in [0.25, 0.3) is 0 Å². The fraction of sp³-hybridized carbons (Fsp3) is 0.875. The van der Waals surface area contributed by atoms with Crippen molar-refractivity contribution in [3.8, 4) is 0 Å². The number of nitrogens with two attached hydrogens (primary N) is 1. The zero-order valence-electron chi connectivity index (χ0n) is 7.87. The molecule has 4 N–H and O–H groups in total. The quantitative estimate of drug-likeness (QED) is 0.536. The van der Waals surface area contributed by atoms with E-state index in [0.717, 1.165) is 0 Å². The molecule has 0 aliphatic carbocycles. The molecule has 2 atom stereocenters. The summed E-state index contributed by atoms with van der Waals surface area (Å²) in [5.74, 6) is -0.0811. The molecule has 0 fully saturated rings. The first-order valence-electron chi connectivity index (χ1n) is 4.15. The van der Waals surface area contributed by atoms with E-state index in [-0.39, 0.29) is 24.5 Å². The van der Waals surface area contributed by atoms with Crippen LogP contribution < -0.4 is 11.1 Å². The summed E-state index contributed by atoms with van der Waals surface area (Å²) in [6.07, 6.45) is 0. The third kappa shape index (κ3) is 3.69. The third-order valence-electron chi connectivity index (χ3n) is 1.68. The van der Waals surface area contributed by atoms with Gasteiger partial charge in [0.15, 0.2) is 0 Å². The number of nitrogens with one attached hydrogen (secondary N) is 1. The molecule has 0 bridgehead atoms. The van der Waals surface area contributed by atoms with Gasteiger partial charge in [0.05, 0.1) is 12.6 Å². The van der Waals surface area contributed by atoms with E-state index >= 15 is 0 Å². The van der Waals surface area contributed by atoms with Gasteiger partial charge in [-0.2, -0.15) is 0 Å². The maximum Gasteiger partial charge on any atom is 0.237 e. The number of carbonyl (C=O) groups excluding carboxylic acids is 1. The van der Waals surface area contributed by atoms with Gasteiger partial charge in [0, 0.05) is 6.04 Å². The standard InChI is InChI=1S/C8H18N2O2/c1-5(2)7(9)8(12)10-6(3)4-11/h5-7,11H,4,9H2,1-3H3,(H,10,12)/t6-,7?/m0/s1. The number of hydrogen-bond acceptors (Lipinski definition) is 3. The smallest absolute Gasteiger partial charge is 0.237 e. The Morgan fingerprint density at radius 1 is 1.50 bits per heavy atom. The average Bonchev–Trinajstić information content (AvgIpc) is 2.02. The first-order chi connectivity index (χ1) is 5.49. The second-order valence-electron chi connectivity index (χ2n) is 3.36. The second-order valence-corrected chi connectivity index (χ2v) is 3.36. The number of carbonyl (C=O) groups is 1. The first-order valence-corrected chi connectivity index (χ1v) is 4.15. The third-order valence-corrected chi connectivity index (χ3v) is 1.68. The van der Waals surface area contributed by atoms with Gasteiger partial charge < -0.3 is 16.2 Å². The SMILES string of the molecule is CC(C)C(N)C(=O)N[C@@H](C)CO. The Kier molecular flexibility index (Phi) is 4.85. The molecule has 4 nitrogen and oxygen atoms in total. The minimum atomic E-state index is -0.487. The normalized spacial score (nSPS) is 15.8. The maximum atomic E-state index is 11.2. The molecule has 0 aliphatic heterocycles. The van der Waals surface area contributed by atoms with Crippen LogP contribution in [-0.4, -0.2) is 29.7 Å². The van der Waals surface area contributed by atoms with Crippen LogP contribution in [0.15, 0.2) is 0 Å². The highest BCUT2D eigenvalue weighted by Gasteiger charge is 2.17. The zero-order valence-corrected chi connectivity index (χ0v) is 7.87. The van der Waals surface area contributed by atoms with Crippen LogP contribution in [0.25, 0.3) is 0 Å². The van der Waals surface area contributed by atoms with Gasteiger partial charge in [-0.05, 0) is 12.8 Å². The zero-order chi connectivity index (χ0) is 9.72. The highest BCUT2D eigenvalue weighted by Crippen LogP contribution is 1.98. The lowest BCUT2D eigenvalue weighted by Crippen LogP contribution is -2.47. The predicted molar refractivity (Wildman–Crippen MR) is 47.5 cm³/mol. The van der Waals surface area contributed by atoms with Gasteiger partial charge in [-0.15, -0.1) is 0 Å². The highest BCUT2D eigenvalue weighted by atomic mass is 16.3. The summed E-state index contributed by atoms with van der Waals surface area (Å²) in [6, 6.07) is -0.707. The molecule has 0 saturated carbocycles. The van der Waals surface area contributed by atoms with E-state index in [2.05, 4.69) is 5.32 Å². The van der Waals surface area contributed by atoms with Crippen LogP contribution in [-0.2, 0) is 4.79 Å². The van der Waals surface area contributed by atoms with Crippen LogP contribution in [0.2, 0.25) is 0 Å². The van der Waals surface area contributed by atoms with E-state index < -0.39 is 6.04 Å². The Labute approximate surface area is 73.1 Å². The lowest BCUT2D eigenvalue weighted by molar-refractivity contribution is -0.124. The van der Waals surface area contributed by atoms with Gasteiger partial charge >= 0.3 is 0 Å². The summed E-state index contributed by atoms with van der Waals surface area (Å²) >= 11 is 0. The molecule has 0 spiro atoms. The molecule has 0 aliphatic rings.